The van der Waals surface area contributed by atoms with Crippen molar-refractivity contribution in [3.05, 3.63) is 93.0 Å². The van der Waals surface area contributed by atoms with Crippen molar-refractivity contribution in [3.8, 4) is 16.9 Å². The largest absolute Gasteiger partial charge is 0.492 e. The van der Waals surface area contributed by atoms with Gasteiger partial charge in [-0.05, 0) is 41.7 Å². The van der Waals surface area contributed by atoms with Crippen molar-refractivity contribution in [2.24, 2.45) is 0 Å². The second kappa shape index (κ2) is 6.64. The lowest BCUT2D eigenvalue weighted by Gasteiger charge is -2.12. The molecule has 0 spiro atoms. The summed E-state index contributed by atoms with van der Waals surface area (Å²) in [6.07, 6.45) is 1.70. The van der Waals surface area contributed by atoms with Crippen molar-refractivity contribution < 1.29 is 9.66 Å². The number of aryl methyl sites for hydroxylation is 1. The Hall–Kier alpha value is -3.14. The Balaban J connectivity index is 1.77. The van der Waals surface area contributed by atoms with Gasteiger partial charge in [-0.15, -0.1) is 0 Å². The molecule has 0 N–H and O–H groups in total. The van der Waals surface area contributed by atoms with E-state index in [1.54, 1.807) is 12.1 Å². The van der Waals surface area contributed by atoms with Crippen molar-refractivity contribution in [3.63, 3.8) is 0 Å². The molecule has 0 bridgehead atoms. The van der Waals surface area contributed by atoms with Gasteiger partial charge in [0.25, 0.3) is 5.69 Å². The Morgan fingerprint density at radius 1 is 1.04 bits per heavy atom. The van der Waals surface area contributed by atoms with Crippen LogP contribution in [0.3, 0.4) is 0 Å². The predicted molar refractivity (Wildman–Crippen MR) is 102 cm³/mol. The Morgan fingerprint density at radius 2 is 1.85 bits per heavy atom. The maximum absolute atomic E-state index is 11.1. The van der Waals surface area contributed by atoms with Crippen molar-refractivity contribution >= 4 is 5.69 Å². The number of fused-ring (bicyclic) bond motifs is 1. The van der Waals surface area contributed by atoms with E-state index in [1.807, 2.05) is 6.07 Å². The number of nitro groups is 1. The number of hydrogen-bond acceptors (Lipinski definition) is 3. The van der Waals surface area contributed by atoms with Gasteiger partial charge in [0, 0.05) is 24.1 Å². The van der Waals surface area contributed by atoms with Gasteiger partial charge >= 0.3 is 0 Å². The van der Waals surface area contributed by atoms with Crippen molar-refractivity contribution in [1.29, 1.82) is 0 Å². The van der Waals surface area contributed by atoms with Crippen LogP contribution in [-0.2, 0) is 12.8 Å². The van der Waals surface area contributed by atoms with Crippen LogP contribution in [0.5, 0.6) is 5.75 Å². The van der Waals surface area contributed by atoms with Crippen LogP contribution in [0.4, 0.5) is 5.69 Å². The second-order valence-corrected chi connectivity index (χ2v) is 6.70. The van der Waals surface area contributed by atoms with Gasteiger partial charge in [-0.25, -0.2) is 0 Å². The van der Waals surface area contributed by atoms with E-state index in [0.717, 1.165) is 29.7 Å². The van der Waals surface area contributed by atoms with E-state index in [2.05, 4.69) is 43.3 Å². The van der Waals surface area contributed by atoms with E-state index in [0.29, 0.717) is 6.61 Å². The van der Waals surface area contributed by atoms with E-state index in [4.69, 9.17) is 4.74 Å². The average molecular weight is 345 g/mol. The fourth-order valence-corrected chi connectivity index (χ4v) is 3.42. The molecule has 0 amide bonds. The van der Waals surface area contributed by atoms with Crippen LogP contribution in [-0.4, -0.2) is 11.5 Å². The van der Waals surface area contributed by atoms with Gasteiger partial charge in [-0.1, -0.05) is 48.0 Å². The molecule has 1 heterocycles. The molecular weight excluding hydrogens is 326 g/mol. The molecule has 1 aliphatic heterocycles. The Kier molecular flexibility index (Phi) is 4.17. The molecule has 0 fully saturated rings. The van der Waals surface area contributed by atoms with Crippen LogP contribution in [0, 0.1) is 17.0 Å². The molecule has 26 heavy (non-hydrogen) atoms. The van der Waals surface area contributed by atoms with Gasteiger partial charge in [-0.2, -0.15) is 0 Å². The first-order valence-electron chi connectivity index (χ1n) is 8.69. The molecule has 0 unspecified atom stereocenters. The minimum Gasteiger partial charge on any atom is -0.492 e. The van der Waals surface area contributed by atoms with Gasteiger partial charge in [-0.3, -0.25) is 10.1 Å². The summed E-state index contributed by atoms with van der Waals surface area (Å²) >= 11 is 0. The topological polar surface area (TPSA) is 52.4 Å². The van der Waals surface area contributed by atoms with Gasteiger partial charge in [0.15, 0.2) is 0 Å². The summed E-state index contributed by atoms with van der Waals surface area (Å²) in [7, 11) is 0. The third-order valence-corrected chi connectivity index (χ3v) is 4.74. The molecule has 0 saturated carbocycles. The number of benzene rings is 3. The summed E-state index contributed by atoms with van der Waals surface area (Å²) in [6, 6.07) is 19.6. The monoisotopic (exact) mass is 345 g/mol. The van der Waals surface area contributed by atoms with E-state index in [1.165, 1.54) is 28.3 Å². The standard InChI is InChI=1S/C22H19NO3/c1-15-5-7-16(8-6-15)11-17-12-19-9-10-26-22(19)21(13-17)18-3-2-4-20(14-18)23(24)25/h2-8,12-14H,9-11H2,1H3. The number of rotatable bonds is 4. The first kappa shape index (κ1) is 16.3. The van der Waals surface area contributed by atoms with Crippen molar-refractivity contribution in [2.75, 3.05) is 6.61 Å². The SMILES string of the molecule is Cc1ccc(Cc2cc3c(c(-c4cccc([N+](=O)[O-])c4)c2)OCC3)cc1. The minimum atomic E-state index is -0.360. The third-order valence-electron chi connectivity index (χ3n) is 4.74. The summed E-state index contributed by atoms with van der Waals surface area (Å²) in [5.74, 6) is 0.859. The molecule has 4 heteroatoms. The highest BCUT2D eigenvalue weighted by Crippen LogP contribution is 2.39. The fraction of sp³-hybridized carbons (Fsp3) is 0.182. The number of nitrogens with zero attached hydrogens (tertiary/aromatic N) is 1. The molecule has 0 aliphatic carbocycles. The van der Waals surface area contributed by atoms with Gasteiger partial charge < -0.3 is 4.74 Å². The lowest BCUT2D eigenvalue weighted by atomic mass is 9.94. The highest BCUT2D eigenvalue weighted by molar-refractivity contribution is 5.75. The third kappa shape index (κ3) is 3.18. The lowest BCUT2D eigenvalue weighted by Crippen LogP contribution is -1.94. The summed E-state index contributed by atoms with van der Waals surface area (Å²) < 4.78 is 5.84. The Labute approximate surface area is 152 Å². The van der Waals surface area contributed by atoms with E-state index < -0.39 is 0 Å². The summed E-state index contributed by atoms with van der Waals surface area (Å²) in [6.45, 7) is 2.74. The predicted octanol–water partition coefficient (Wildman–Crippen LogP) is 5.10. The number of non-ortho nitro benzene ring substituents is 1. The van der Waals surface area contributed by atoms with Gasteiger partial charge in [0.2, 0.25) is 0 Å². The van der Waals surface area contributed by atoms with Gasteiger partial charge in [0.1, 0.15) is 5.75 Å². The number of hydrogen-bond donors (Lipinski definition) is 0. The Bertz CT molecular complexity index is 977. The summed E-state index contributed by atoms with van der Waals surface area (Å²) in [5.41, 5.74) is 6.72. The Morgan fingerprint density at radius 3 is 2.62 bits per heavy atom. The minimum absolute atomic E-state index is 0.0955. The zero-order chi connectivity index (χ0) is 18.1. The van der Waals surface area contributed by atoms with E-state index in [9.17, 15) is 10.1 Å². The summed E-state index contributed by atoms with van der Waals surface area (Å²) in [4.78, 5) is 10.8. The summed E-state index contributed by atoms with van der Waals surface area (Å²) in [5, 5.41) is 11.1. The van der Waals surface area contributed by atoms with Crippen LogP contribution >= 0.6 is 0 Å². The second-order valence-electron chi connectivity index (χ2n) is 6.70. The first-order chi connectivity index (χ1) is 12.6. The van der Waals surface area contributed by atoms with Crippen LogP contribution in [0.1, 0.15) is 22.3 Å². The highest BCUT2D eigenvalue weighted by Gasteiger charge is 2.20. The maximum atomic E-state index is 11.1. The quantitative estimate of drug-likeness (QED) is 0.488. The van der Waals surface area contributed by atoms with Crippen molar-refractivity contribution in [2.45, 2.75) is 19.8 Å². The maximum Gasteiger partial charge on any atom is 0.270 e. The van der Waals surface area contributed by atoms with E-state index in [-0.39, 0.29) is 10.6 Å². The van der Waals surface area contributed by atoms with Crippen LogP contribution in [0.15, 0.2) is 60.7 Å². The highest BCUT2D eigenvalue weighted by atomic mass is 16.6. The molecule has 3 aromatic carbocycles. The molecule has 4 rings (SSSR count). The van der Waals surface area contributed by atoms with Crippen LogP contribution in [0.25, 0.3) is 11.1 Å². The molecular formula is C22H19NO3. The number of ether oxygens (including phenoxy) is 1. The molecule has 0 aromatic heterocycles. The van der Waals surface area contributed by atoms with Gasteiger partial charge in [0.05, 0.1) is 11.5 Å². The molecule has 1 aliphatic rings. The van der Waals surface area contributed by atoms with E-state index >= 15 is 0 Å². The smallest absolute Gasteiger partial charge is 0.270 e. The average Bonchev–Trinajstić information content (AvgIpc) is 3.11. The zero-order valence-electron chi connectivity index (χ0n) is 14.6. The molecule has 3 aromatic rings. The first-order valence-corrected chi connectivity index (χ1v) is 8.69. The lowest BCUT2D eigenvalue weighted by molar-refractivity contribution is -0.384. The fourth-order valence-electron chi connectivity index (χ4n) is 3.42. The molecule has 0 saturated heterocycles. The zero-order valence-corrected chi connectivity index (χ0v) is 14.6. The molecule has 4 nitrogen and oxygen atoms in total. The van der Waals surface area contributed by atoms with Crippen molar-refractivity contribution in [1.82, 2.24) is 0 Å². The van der Waals surface area contributed by atoms with Crippen LogP contribution < -0.4 is 4.74 Å². The molecule has 0 radical (unpaired) electrons. The molecule has 0 atom stereocenters. The van der Waals surface area contributed by atoms with Crippen LogP contribution in [0.2, 0.25) is 0 Å². The molecule has 130 valence electrons. The number of nitro benzene ring substituents is 1. The normalized spacial score (nSPS) is 12.5.